The van der Waals surface area contributed by atoms with Gasteiger partial charge in [0.1, 0.15) is 35.2 Å². The Morgan fingerprint density at radius 3 is 2.35 bits per heavy atom. The molecule has 1 aliphatic heterocycles. The first-order valence-electron chi connectivity index (χ1n) is 10.1. The van der Waals surface area contributed by atoms with Crippen LogP contribution in [-0.2, 0) is 14.3 Å². The Morgan fingerprint density at radius 2 is 1.71 bits per heavy atom. The first-order chi connectivity index (χ1) is 16.3. The van der Waals surface area contributed by atoms with Crippen molar-refractivity contribution in [2.45, 2.75) is 30.7 Å². The molecule has 11 heteroatoms. The number of aliphatic hydroxyl groups excluding tert-OH is 3. The van der Waals surface area contributed by atoms with E-state index in [1.165, 1.54) is 13.2 Å². The zero-order valence-electron chi connectivity index (χ0n) is 18.1. The average molecular weight is 474 g/mol. The Kier molecular flexibility index (Phi) is 6.44. The van der Waals surface area contributed by atoms with Gasteiger partial charge in [-0.05, 0) is 0 Å². The van der Waals surface area contributed by atoms with Crippen LogP contribution in [0, 0.1) is 0 Å². The van der Waals surface area contributed by atoms with Crippen LogP contribution in [0.25, 0.3) is 22.3 Å². The fourth-order valence-electron chi connectivity index (χ4n) is 3.68. The van der Waals surface area contributed by atoms with Gasteiger partial charge < -0.3 is 43.8 Å². The van der Waals surface area contributed by atoms with Crippen molar-refractivity contribution in [1.82, 2.24) is 0 Å². The number of ether oxygens (including phenoxy) is 4. The number of aromatic hydroxyl groups is 1. The van der Waals surface area contributed by atoms with Gasteiger partial charge in [0.25, 0.3) is 0 Å². The molecule has 5 atom stereocenters. The largest absolute Gasteiger partial charge is 0.507 e. The highest BCUT2D eigenvalue weighted by Gasteiger charge is 2.48. The third kappa shape index (κ3) is 4.05. The fourth-order valence-corrected chi connectivity index (χ4v) is 3.68. The molecular weight excluding hydrogens is 452 g/mol. The van der Waals surface area contributed by atoms with Gasteiger partial charge in [0.2, 0.25) is 12.0 Å². The normalized spacial score (nSPS) is 24.6. The van der Waals surface area contributed by atoms with Gasteiger partial charge in [-0.3, -0.25) is 4.79 Å². The van der Waals surface area contributed by atoms with Crippen LogP contribution in [0.2, 0.25) is 0 Å². The number of esters is 1. The summed E-state index contributed by atoms with van der Waals surface area (Å²) in [4.78, 5) is 24.7. The fraction of sp³-hybridized carbons (Fsp3) is 0.304. The van der Waals surface area contributed by atoms with Crippen LogP contribution < -0.4 is 14.9 Å². The molecule has 0 aliphatic carbocycles. The van der Waals surface area contributed by atoms with Crippen molar-refractivity contribution in [3.8, 4) is 28.6 Å². The van der Waals surface area contributed by atoms with E-state index in [1.54, 1.807) is 30.3 Å². The van der Waals surface area contributed by atoms with Gasteiger partial charge in [-0.15, -0.1) is 0 Å². The molecular formula is C23H22O11. The molecule has 1 unspecified atom stereocenters. The smallest absolute Gasteiger partial charge is 0.337 e. The second-order valence-electron chi connectivity index (χ2n) is 7.51. The molecule has 0 radical (unpaired) electrons. The molecule has 0 saturated carbocycles. The van der Waals surface area contributed by atoms with E-state index in [0.29, 0.717) is 5.56 Å². The summed E-state index contributed by atoms with van der Waals surface area (Å²) >= 11 is 0. The second-order valence-corrected chi connectivity index (χ2v) is 7.51. The lowest BCUT2D eigenvalue weighted by Gasteiger charge is -2.38. The van der Waals surface area contributed by atoms with Crippen molar-refractivity contribution in [3.63, 3.8) is 0 Å². The summed E-state index contributed by atoms with van der Waals surface area (Å²) in [7, 11) is 2.32. The molecule has 180 valence electrons. The molecule has 34 heavy (non-hydrogen) atoms. The predicted molar refractivity (Wildman–Crippen MR) is 115 cm³/mol. The molecule has 3 aromatic rings. The van der Waals surface area contributed by atoms with E-state index < -0.39 is 47.9 Å². The van der Waals surface area contributed by atoms with Crippen LogP contribution >= 0.6 is 0 Å². The third-order valence-electron chi connectivity index (χ3n) is 5.41. The summed E-state index contributed by atoms with van der Waals surface area (Å²) < 4.78 is 26.7. The van der Waals surface area contributed by atoms with Gasteiger partial charge in [0.05, 0.1) is 14.2 Å². The van der Waals surface area contributed by atoms with E-state index in [-0.39, 0.29) is 28.2 Å². The number of phenols is 1. The lowest BCUT2D eigenvalue weighted by molar-refractivity contribution is -0.272. The van der Waals surface area contributed by atoms with E-state index in [1.807, 2.05) is 0 Å². The molecule has 2 aromatic carbocycles. The molecule has 2 heterocycles. The monoisotopic (exact) mass is 474 g/mol. The van der Waals surface area contributed by atoms with E-state index in [2.05, 4.69) is 4.74 Å². The Balaban J connectivity index is 1.80. The van der Waals surface area contributed by atoms with Crippen molar-refractivity contribution in [2.75, 3.05) is 14.2 Å². The molecule has 0 spiro atoms. The number of hydrogen-bond acceptors (Lipinski definition) is 11. The van der Waals surface area contributed by atoms with Crippen LogP contribution in [0.4, 0.5) is 0 Å². The maximum absolute atomic E-state index is 12.8. The molecule has 4 N–H and O–H groups in total. The van der Waals surface area contributed by atoms with Gasteiger partial charge in [-0.1, -0.05) is 30.3 Å². The Hall–Kier alpha value is -3.64. The summed E-state index contributed by atoms with van der Waals surface area (Å²) in [6.45, 7) is 0. The summed E-state index contributed by atoms with van der Waals surface area (Å²) in [5.74, 6) is -1.65. The minimum atomic E-state index is -1.81. The van der Waals surface area contributed by atoms with E-state index in [9.17, 15) is 30.0 Å². The van der Waals surface area contributed by atoms with Crippen LogP contribution in [-0.4, -0.2) is 71.3 Å². The summed E-state index contributed by atoms with van der Waals surface area (Å²) in [6.07, 6.45) is -8.72. The molecule has 4 rings (SSSR count). The maximum Gasteiger partial charge on any atom is 0.337 e. The van der Waals surface area contributed by atoms with Crippen LogP contribution in [0.15, 0.2) is 51.7 Å². The van der Waals surface area contributed by atoms with Crippen molar-refractivity contribution >= 4 is 16.9 Å². The number of methoxy groups -OCH3 is 2. The minimum absolute atomic E-state index is 0.117. The third-order valence-corrected chi connectivity index (χ3v) is 5.41. The maximum atomic E-state index is 12.8. The van der Waals surface area contributed by atoms with Gasteiger partial charge in [0, 0.05) is 17.7 Å². The van der Waals surface area contributed by atoms with Crippen molar-refractivity contribution in [3.05, 3.63) is 52.7 Å². The van der Waals surface area contributed by atoms with E-state index in [4.69, 9.17) is 18.6 Å². The molecule has 1 aromatic heterocycles. The first kappa shape index (κ1) is 23.5. The lowest BCUT2D eigenvalue weighted by atomic mass is 9.99. The zero-order valence-corrected chi connectivity index (χ0v) is 18.1. The minimum Gasteiger partial charge on any atom is -0.507 e. The standard InChI is InChI=1S/C23H22O11/c1-30-19-14(33-23-18(28)16(26)17(27)21(34-23)22(29)31-2)9-12(25)15-11(24)8-13(32-20(15)19)10-6-4-3-5-7-10/h3-9,16-18,21,23,25-28H,1-2H3/t16-,17-,18+,21-,23?/m0/s1. The Labute approximate surface area is 192 Å². The number of hydrogen-bond donors (Lipinski definition) is 4. The predicted octanol–water partition coefficient (Wildman–Crippen LogP) is 0.534. The SMILES string of the molecule is COC(=O)[C@H]1OC(Oc2cc(O)c3c(=O)cc(-c4ccccc4)oc3c2OC)[C@H](O)[C@@H](O)[C@@H]1O. The van der Waals surface area contributed by atoms with Crippen LogP contribution in [0.3, 0.4) is 0 Å². The Bertz CT molecular complexity index is 1250. The van der Waals surface area contributed by atoms with Crippen LogP contribution in [0.5, 0.6) is 17.2 Å². The second kappa shape index (κ2) is 9.31. The molecule has 1 saturated heterocycles. The van der Waals surface area contributed by atoms with Crippen molar-refractivity contribution in [1.29, 1.82) is 0 Å². The topological polar surface area (TPSA) is 165 Å². The van der Waals surface area contributed by atoms with Gasteiger partial charge >= 0.3 is 5.97 Å². The summed E-state index contributed by atoms with van der Waals surface area (Å²) in [5.41, 5.74) is -0.0848. The summed E-state index contributed by atoms with van der Waals surface area (Å²) in [5, 5.41) is 40.9. The van der Waals surface area contributed by atoms with Crippen molar-refractivity contribution in [2.24, 2.45) is 0 Å². The number of benzene rings is 2. The number of aliphatic hydroxyl groups is 3. The van der Waals surface area contributed by atoms with Crippen LogP contribution in [0.1, 0.15) is 0 Å². The number of phenolic OH excluding ortho intramolecular Hbond substituents is 1. The molecule has 1 aliphatic rings. The van der Waals surface area contributed by atoms with Gasteiger partial charge in [-0.2, -0.15) is 0 Å². The lowest BCUT2D eigenvalue weighted by Crippen LogP contribution is -2.61. The summed E-state index contributed by atoms with van der Waals surface area (Å²) in [6, 6.07) is 11.0. The number of carbonyl (C=O) groups excluding carboxylic acids is 1. The molecule has 11 nitrogen and oxygen atoms in total. The molecule has 0 bridgehead atoms. The number of fused-ring (bicyclic) bond motifs is 1. The number of rotatable bonds is 5. The quantitative estimate of drug-likeness (QED) is 0.381. The molecule has 1 fully saturated rings. The molecule has 0 amide bonds. The highest BCUT2D eigenvalue weighted by molar-refractivity contribution is 5.91. The van der Waals surface area contributed by atoms with Crippen molar-refractivity contribution < 1.29 is 48.6 Å². The van der Waals surface area contributed by atoms with E-state index in [0.717, 1.165) is 13.2 Å². The van der Waals surface area contributed by atoms with Gasteiger partial charge in [0.15, 0.2) is 22.9 Å². The highest BCUT2D eigenvalue weighted by atomic mass is 16.7. The average Bonchev–Trinajstić information content (AvgIpc) is 2.84. The highest BCUT2D eigenvalue weighted by Crippen LogP contribution is 2.42. The Morgan fingerprint density at radius 1 is 1.00 bits per heavy atom. The van der Waals surface area contributed by atoms with E-state index >= 15 is 0 Å². The van der Waals surface area contributed by atoms with Gasteiger partial charge in [-0.25, -0.2) is 4.79 Å². The number of carbonyl (C=O) groups is 1. The zero-order chi connectivity index (χ0) is 24.6. The first-order valence-corrected chi connectivity index (χ1v) is 10.1.